The molecule has 0 unspecified atom stereocenters. The number of hydrogen-bond donors (Lipinski definition) is 3. The molecule has 0 amide bonds. The minimum atomic E-state index is 0.670. The summed E-state index contributed by atoms with van der Waals surface area (Å²) >= 11 is 0. The van der Waals surface area contributed by atoms with Crippen molar-refractivity contribution in [1.82, 2.24) is 9.97 Å². The average Bonchev–Trinajstić information content (AvgIpc) is 3.06. The minimum absolute atomic E-state index is 0.670. The summed E-state index contributed by atoms with van der Waals surface area (Å²) in [6.45, 7) is 0. The van der Waals surface area contributed by atoms with E-state index in [-0.39, 0.29) is 0 Å². The molecular weight excluding hydrogens is 288 g/mol. The number of aryl methyl sites for hydroxylation is 1. The molecule has 1 aromatic carbocycles. The smallest absolute Gasteiger partial charge is 0.119 e. The van der Waals surface area contributed by atoms with Crippen molar-refractivity contribution >= 4 is 18.2 Å². The van der Waals surface area contributed by atoms with E-state index >= 15 is 0 Å². The Hall–Kier alpha value is -2.43. The second-order valence-corrected chi connectivity index (χ2v) is 5.56. The van der Waals surface area contributed by atoms with E-state index in [1.165, 1.54) is 6.21 Å². The van der Waals surface area contributed by atoms with Gasteiger partial charge in [-0.2, -0.15) is 0 Å². The SMILES string of the molecule is CNc1ccc(-c2cnc(CCCCCCC=O)[nH]2)cc1C=N. The van der Waals surface area contributed by atoms with Crippen LogP contribution >= 0.6 is 0 Å². The number of aromatic nitrogens is 2. The first kappa shape index (κ1) is 16.9. The third-order valence-electron chi connectivity index (χ3n) is 3.90. The molecule has 1 heterocycles. The van der Waals surface area contributed by atoms with Crippen LogP contribution in [-0.4, -0.2) is 29.5 Å². The van der Waals surface area contributed by atoms with Crippen molar-refractivity contribution in [2.24, 2.45) is 0 Å². The van der Waals surface area contributed by atoms with Gasteiger partial charge in [0.1, 0.15) is 12.1 Å². The van der Waals surface area contributed by atoms with Crippen LogP contribution < -0.4 is 5.32 Å². The number of anilines is 1. The van der Waals surface area contributed by atoms with Crippen LogP contribution in [0, 0.1) is 5.41 Å². The van der Waals surface area contributed by atoms with Gasteiger partial charge in [0.25, 0.3) is 0 Å². The van der Waals surface area contributed by atoms with Crippen LogP contribution in [0.15, 0.2) is 24.4 Å². The Morgan fingerprint density at radius 2 is 2.09 bits per heavy atom. The number of carbonyl (C=O) groups is 1. The van der Waals surface area contributed by atoms with Crippen LogP contribution in [0.25, 0.3) is 11.3 Å². The molecule has 0 aliphatic heterocycles. The van der Waals surface area contributed by atoms with Crippen LogP contribution in [0.3, 0.4) is 0 Å². The van der Waals surface area contributed by atoms with E-state index in [1.54, 1.807) is 0 Å². The van der Waals surface area contributed by atoms with E-state index in [9.17, 15) is 4.79 Å². The van der Waals surface area contributed by atoms with E-state index in [1.807, 2.05) is 31.4 Å². The summed E-state index contributed by atoms with van der Waals surface area (Å²) in [5, 5.41) is 10.6. The number of imidazole rings is 1. The zero-order chi connectivity index (χ0) is 16.5. The van der Waals surface area contributed by atoms with Crippen LogP contribution in [-0.2, 0) is 11.2 Å². The Morgan fingerprint density at radius 3 is 2.83 bits per heavy atom. The van der Waals surface area contributed by atoms with Crippen molar-refractivity contribution in [3.8, 4) is 11.3 Å². The molecule has 23 heavy (non-hydrogen) atoms. The summed E-state index contributed by atoms with van der Waals surface area (Å²) in [6.07, 6.45) is 10.1. The molecular formula is C18H24N4O. The van der Waals surface area contributed by atoms with Gasteiger partial charge in [0.05, 0.1) is 11.9 Å². The highest BCUT2D eigenvalue weighted by molar-refractivity contribution is 5.88. The second kappa shape index (κ2) is 8.88. The van der Waals surface area contributed by atoms with Gasteiger partial charge in [-0.3, -0.25) is 0 Å². The van der Waals surface area contributed by atoms with Gasteiger partial charge in [0.2, 0.25) is 0 Å². The number of nitrogens with zero attached hydrogens (tertiary/aromatic N) is 1. The number of unbranched alkanes of at least 4 members (excludes halogenated alkanes) is 4. The van der Waals surface area contributed by atoms with Crippen LogP contribution in [0.4, 0.5) is 5.69 Å². The molecule has 0 bridgehead atoms. The lowest BCUT2D eigenvalue weighted by Crippen LogP contribution is -1.95. The third kappa shape index (κ3) is 4.77. The van der Waals surface area contributed by atoms with Crippen LogP contribution in [0.2, 0.25) is 0 Å². The maximum atomic E-state index is 10.2. The maximum absolute atomic E-state index is 10.2. The molecule has 0 aliphatic carbocycles. The fraction of sp³-hybridized carbons (Fsp3) is 0.389. The first-order chi connectivity index (χ1) is 11.3. The Balaban J connectivity index is 1.94. The lowest BCUT2D eigenvalue weighted by atomic mass is 10.1. The topological polar surface area (TPSA) is 81.6 Å². The maximum Gasteiger partial charge on any atom is 0.119 e. The lowest BCUT2D eigenvalue weighted by Gasteiger charge is -2.06. The number of H-pyrrole nitrogens is 1. The van der Waals surface area contributed by atoms with Crippen LogP contribution in [0.1, 0.15) is 43.5 Å². The quantitative estimate of drug-likeness (QED) is 0.354. The second-order valence-electron chi connectivity index (χ2n) is 5.56. The summed E-state index contributed by atoms with van der Waals surface area (Å²) in [5.74, 6) is 0.990. The molecule has 5 heteroatoms. The Labute approximate surface area is 137 Å². The first-order valence-electron chi connectivity index (χ1n) is 8.08. The first-order valence-corrected chi connectivity index (χ1v) is 8.08. The van der Waals surface area contributed by atoms with Crippen molar-refractivity contribution in [2.45, 2.75) is 38.5 Å². The number of carbonyl (C=O) groups excluding carboxylic acids is 1. The highest BCUT2D eigenvalue weighted by Crippen LogP contribution is 2.23. The highest BCUT2D eigenvalue weighted by atomic mass is 16.1. The molecule has 3 N–H and O–H groups in total. The predicted molar refractivity (Wildman–Crippen MR) is 94.3 cm³/mol. The van der Waals surface area contributed by atoms with Crippen molar-refractivity contribution in [1.29, 1.82) is 5.41 Å². The van der Waals surface area contributed by atoms with Crippen molar-refractivity contribution in [2.75, 3.05) is 12.4 Å². The van der Waals surface area contributed by atoms with Gasteiger partial charge in [-0.1, -0.05) is 18.9 Å². The third-order valence-corrected chi connectivity index (χ3v) is 3.90. The van der Waals surface area contributed by atoms with Gasteiger partial charge in [0.15, 0.2) is 0 Å². The monoisotopic (exact) mass is 312 g/mol. The van der Waals surface area contributed by atoms with Crippen molar-refractivity contribution in [3.63, 3.8) is 0 Å². The molecule has 2 aromatic rings. The average molecular weight is 312 g/mol. The number of benzene rings is 1. The molecule has 0 saturated heterocycles. The number of aromatic amines is 1. The van der Waals surface area contributed by atoms with E-state index in [0.717, 1.165) is 66.7 Å². The van der Waals surface area contributed by atoms with E-state index in [0.29, 0.717) is 6.42 Å². The molecule has 0 spiro atoms. The number of hydrogen-bond acceptors (Lipinski definition) is 4. The summed E-state index contributed by atoms with van der Waals surface area (Å²) in [5.41, 5.74) is 3.81. The van der Waals surface area contributed by atoms with Crippen LogP contribution in [0.5, 0.6) is 0 Å². The normalized spacial score (nSPS) is 10.5. The zero-order valence-corrected chi connectivity index (χ0v) is 13.6. The summed E-state index contributed by atoms with van der Waals surface area (Å²) < 4.78 is 0. The Bertz CT molecular complexity index is 648. The molecule has 0 saturated carbocycles. The lowest BCUT2D eigenvalue weighted by molar-refractivity contribution is -0.107. The summed E-state index contributed by atoms with van der Waals surface area (Å²) in [7, 11) is 1.85. The molecule has 0 radical (unpaired) electrons. The predicted octanol–water partition coefficient (Wildman–Crippen LogP) is 3.81. The molecule has 2 rings (SSSR count). The Kier molecular flexibility index (Phi) is 6.54. The van der Waals surface area contributed by atoms with Gasteiger partial charge in [-0.15, -0.1) is 0 Å². The minimum Gasteiger partial charge on any atom is -0.388 e. The molecule has 0 fully saturated rings. The molecule has 5 nitrogen and oxygen atoms in total. The van der Waals surface area contributed by atoms with E-state index in [4.69, 9.17) is 5.41 Å². The zero-order valence-electron chi connectivity index (χ0n) is 13.6. The van der Waals surface area contributed by atoms with Crippen molar-refractivity contribution in [3.05, 3.63) is 35.8 Å². The molecule has 1 aromatic heterocycles. The van der Waals surface area contributed by atoms with E-state index < -0.39 is 0 Å². The fourth-order valence-electron chi connectivity index (χ4n) is 2.59. The van der Waals surface area contributed by atoms with Gasteiger partial charge in [-0.25, -0.2) is 4.98 Å². The fourth-order valence-corrected chi connectivity index (χ4v) is 2.59. The van der Waals surface area contributed by atoms with E-state index in [2.05, 4.69) is 15.3 Å². The Morgan fingerprint density at radius 1 is 1.26 bits per heavy atom. The standard InChI is InChI=1S/C18H24N4O/c1-20-16-9-8-14(11-15(16)12-19)17-13-21-18(22-17)7-5-3-2-4-6-10-23/h8-13,19-20H,2-7H2,1H3,(H,21,22). The summed E-state index contributed by atoms with van der Waals surface area (Å²) in [6, 6.07) is 5.98. The van der Waals surface area contributed by atoms with Gasteiger partial charge >= 0.3 is 0 Å². The number of aldehydes is 1. The highest BCUT2D eigenvalue weighted by Gasteiger charge is 2.06. The van der Waals surface area contributed by atoms with Gasteiger partial charge in [-0.05, 0) is 25.0 Å². The number of rotatable bonds is 10. The largest absolute Gasteiger partial charge is 0.388 e. The van der Waals surface area contributed by atoms with Gasteiger partial charge in [0, 0.05) is 42.9 Å². The summed E-state index contributed by atoms with van der Waals surface area (Å²) in [4.78, 5) is 18.0. The van der Waals surface area contributed by atoms with Gasteiger partial charge < -0.3 is 20.5 Å². The molecule has 0 aliphatic rings. The molecule has 0 atom stereocenters. The molecule has 122 valence electrons. The number of nitrogens with one attached hydrogen (secondary N) is 3. The van der Waals surface area contributed by atoms with Crippen molar-refractivity contribution < 1.29 is 4.79 Å².